The fourth-order valence-electron chi connectivity index (χ4n) is 22.7. The third-order valence-corrected chi connectivity index (χ3v) is 31.8. The summed E-state index contributed by atoms with van der Waals surface area (Å²) >= 11 is 0. The summed E-state index contributed by atoms with van der Waals surface area (Å²) in [6, 6.07) is 39.9. The van der Waals surface area contributed by atoms with Gasteiger partial charge in [0.25, 0.3) is 0 Å². The maximum atomic E-state index is 11.7. The Morgan fingerprint density at radius 2 is 0.562 bits per heavy atom. The maximum absolute atomic E-state index is 11.7. The molecule has 4 aromatic rings. The van der Waals surface area contributed by atoms with E-state index in [-0.39, 0.29) is 54.5 Å². The molecule has 0 bridgehead atoms. The van der Waals surface area contributed by atoms with Gasteiger partial charge < -0.3 is 4.74 Å². The number of ketones is 1. The Labute approximate surface area is 819 Å². The van der Waals surface area contributed by atoms with Gasteiger partial charge in [-0.15, -0.1) is 0 Å². The molecule has 0 saturated carbocycles. The molecule has 0 saturated heterocycles. The van der Waals surface area contributed by atoms with Crippen molar-refractivity contribution in [2.75, 3.05) is 0 Å². The number of Topliss-reactive ketones (excluding diaryl/α,β-unsaturated/α-hetero) is 1. The van der Waals surface area contributed by atoms with Crippen LogP contribution in [-0.4, -0.2) is 34.9 Å². The van der Waals surface area contributed by atoms with Crippen molar-refractivity contribution < 1.29 is 17.9 Å². The van der Waals surface area contributed by atoms with Crippen molar-refractivity contribution in [2.45, 2.75) is 534 Å². The fourth-order valence-corrected chi connectivity index (χ4v) is 24.5. The smallest absolute Gasteiger partial charge is 0.160 e. The van der Waals surface area contributed by atoms with E-state index in [0.717, 1.165) is 17.8 Å². The molecule has 0 radical (unpaired) electrons. The van der Waals surface area contributed by atoms with E-state index in [4.69, 9.17) is 4.74 Å². The van der Waals surface area contributed by atoms with Crippen molar-refractivity contribution in [2.24, 2.45) is 115 Å². The quantitative estimate of drug-likeness (QED) is 0.176. The van der Waals surface area contributed by atoms with Crippen molar-refractivity contribution in [1.29, 1.82) is 0 Å². The van der Waals surface area contributed by atoms with Crippen molar-refractivity contribution in [1.82, 2.24) is 0 Å². The number of carbonyl (C=O) groups excluding carboxylic acids is 1. The molecule has 0 fully saturated rings. The lowest BCUT2D eigenvalue weighted by Gasteiger charge is -2.55. The summed E-state index contributed by atoms with van der Waals surface area (Å²) in [6.45, 7) is 150. The highest BCUT2D eigenvalue weighted by Gasteiger charge is 2.58. The molecule has 2 atom stereocenters. The topological polar surface area (TPSA) is 60.4 Å². The summed E-state index contributed by atoms with van der Waals surface area (Å²) in [5.41, 5.74) is 13.8. The van der Waals surface area contributed by atoms with Crippen LogP contribution in [0.4, 0.5) is 0 Å². The molecule has 2 unspecified atom stereocenters. The fraction of sp³-hybridized carbons (Fsp3) is 0.800. The second kappa shape index (κ2) is 47.9. The Kier molecular flexibility index (Phi) is 49.7. The predicted octanol–water partition coefficient (Wildman–Crippen LogP) is 41.1. The molecular weight excluding hydrogens is 1600 g/mol. The minimum Gasteiger partial charge on any atom is -0.370 e. The number of fused-ring (bicyclic) bond motifs is 3. The number of carbonyl (C=O) groups is 1. The van der Waals surface area contributed by atoms with E-state index in [1.54, 1.807) is 41.5 Å². The first kappa shape index (κ1) is 135. The maximum Gasteiger partial charge on any atom is 0.160 e. The summed E-state index contributed by atoms with van der Waals surface area (Å²) in [5.74, 6) is 2.83. The van der Waals surface area contributed by atoms with Gasteiger partial charge in [0.2, 0.25) is 0 Å². The van der Waals surface area contributed by atoms with E-state index in [2.05, 4.69) is 490 Å². The van der Waals surface area contributed by atoms with Crippen LogP contribution in [0.5, 0.6) is 0 Å². The Morgan fingerprint density at radius 1 is 0.315 bits per heavy atom. The minimum absolute atomic E-state index is 0.0156. The number of hydrogen-bond donors (Lipinski definition) is 0. The molecule has 0 aliphatic heterocycles. The Morgan fingerprint density at radius 3 is 0.669 bits per heavy atom. The second-order valence-electron chi connectivity index (χ2n) is 60.7. The summed E-state index contributed by atoms with van der Waals surface area (Å²) < 4.78 is 27.7. The molecule has 0 N–H and O–H groups in total. The molecule has 5 heteroatoms. The first-order valence-electron chi connectivity index (χ1n) is 51.2. The standard InChI is InChI=1S/C21H26.C21H28.C14H30.2C12H26.C11H24.C9H18O.C9H20.C8H18O2S.C8H18O/c1-19(2,3)21(20(4,5)6)17-13-9-7-11-15(17)16-12-8-10-14-18(16)21;1-19(2,3)21(20(4,5)6,17-13-9-7-10-14-17)18-15-11-8-12-16-18;1-9-11(13(3,4)5)12(10-2)14(6,7)8;1-9-12(8,10(2,3)4)11(5,6)7;1-8-9-10(11(2,3)4)12(5,6)7;1-9(2,3)11(7,8)10(4,5)6;1-8(2,3)7(10)9(4,5)6;1-8(2,3)7-9(4,5)6;1-7(2,3)11(9,10)8(4,5)6;1-7(2,3)9-8(4,5)6/h7-14H,1-6H3;7-16H,1-6H3;11-12H,9-10H2,1-8H3;9H2,1-8H3;10H,8-9H2,1-7H3;1-8H3;1-6H3;7H2,1-6H3;1-6H3;1-6H3. The summed E-state index contributed by atoms with van der Waals surface area (Å²) in [7, 11) is -3.01. The van der Waals surface area contributed by atoms with Crippen molar-refractivity contribution in [3.63, 3.8) is 0 Å². The van der Waals surface area contributed by atoms with Crippen LogP contribution < -0.4 is 0 Å². The molecule has 1 aliphatic carbocycles. The molecule has 5 rings (SSSR count). The molecular formula is C125H234O4S. The zero-order valence-electron chi connectivity index (χ0n) is 101. The average molecular weight is 1830 g/mol. The van der Waals surface area contributed by atoms with E-state index < -0.39 is 19.3 Å². The predicted molar refractivity (Wildman–Crippen MR) is 594 cm³/mol. The molecule has 0 aromatic heterocycles. The first-order valence-corrected chi connectivity index (χ1v) is 52.7. The van der Waals surface area contributed by atoms with E-state index in [9.17, 15) is 13.2 Å². The third kappa shape index (κ3) is 41.2. The lowest BCUT2D eigenvalue weighted by atomic mass is 9.48. The van der Waals surface area contributed by atoms with Gasteiger partial charge in [0.05, 0.1) is 20.7 Å². The number of rotatable bonds is 8. The molecule has 130 heavy (non-hydrogen) atoms. The van der Waals surface area contributed by atoms with Gasteiger partial charge in [0, 0.05) is 21.7 Å². The van der Waals surface area contributed by atoms with Gasteiger partial charge in [0.15, 0.2) is 9.84 Å². The monoisotopic (exact) mass is 1830 g/mol. The van der Waals surface area contributed by atoms with Gasteiger partial charge >= 0.3 is 0 Å². The third-order valence-electron chi connectivity index (χ3n) is 28.5. The van der Waals surface area contributed by atoms with Crippen LogP contribution >= 0.6 is 0 Å². The molecule has 4 nitrogen and oxygen atoms in total. The highest BCUT2D eigenvalue weighted by Crippen LogP contribution is 2.65. The van der Waals surface area contributed by atoms with Crippen LogP contribution in [0.15, 0.2) is 109 Å². The van der Waals surface area contributed by atoms with Crippen molar-refractivity contribution in [3.8, 4) is 11.1 Å². The Balaban J connectivity index is -0.000000453. The summed E-state index contributed by atoms with van der Waals surface area (Å²) in [4.78, 5) is 11.5. The van der Waals surface area contributed by atoms with Gasteiger partial charge in [-0.3, -0.25) is 4.79 Å². The van der Waals surface area contributed by atoms with Crippen LogP contribution in [0, 0.1) is 115 Å². The van der Waals surface area contributed by atoms with Gasteiger partial charge in [-0.2, -0.15) is 0 Å². The van der Waals surface area contributed by atoms with E-state index in [1.807, 2.05) is 41.5 Å². The number of sulfone groups is 1. The molecule has 4 aromatic carbocycles. The Bertz CT molecular complexity index is 3630. The molecule has 1 aliphatic rings. The lowest BCUT2D eigenvalue weighted by Crippen LogP contribution is -2.51. The molecule has 0 heterocycles. The van der Waals surface area contributed by atoms with E-state index in [0.29, 0.717) is 70.8 Å². The number of benzene rings is 4. The van der Waals surface area contributed by atoms with Crippen molar-refractivity contribution >= 4 is 15.6 Å². The van der Waals surface area contributed by atoms with Gasteiger partial charge in [-0.05, 0) is 240 Å². The normalized spacial score (nSPS) is 15.0. The summed E-state index contributed by atoms with van der Waals surface area (Å²) in [6.07, 6.45) is 7.81. The van der Waals surface area contributed by atoms with Gasteiger partial charge in [0.1, 0.15) is 5.78 Å². The van der Waals surface area contributed by atoms with Crippen LogP contribution in [0.25, 0.3) is 11.1 Å². The van der Waals surface area contributed by atoms with Crippen molar-refractivity contribution in [3.05, 3.63) is 131 Å². The van der Waals surface area contributed by atoms with Gasteiger partial charge in [-0.1, -0.05) is 509 Å². The number of ether oxygens (including phenoxy) is 1. The summed E-state index contributed by atoms with van der Waals surface area (Å²) in [5, 5.41) is 0. The zero-order chi connectivity index (χ0) is 106. The van der Waals surface area contributed by atoms with Gasteiger partial charge in [-0.25, -0.2) is 8.42 Å². The molecule has 764 valence electrons. The van der Waals surface area contributed by atoms with E-state index >= 15 is 0 Å². The molecule has 0 spiro atoms. The highest BCUT2D eigenvalue weighted by atomic mass is 32.2. The Hall–Kier alpha value is -3.54. The molecule has 0 amide bonds. The van der Waals surface area contributed by atoms with Crippen LogP contribution in [-0.2, 0) is 30.2 Å². The lowest BCUT2D eigenvalue weighted by molar-refractivity contribution is -0.134. The van der Waals surface area contributed by atoms with Crippen LogP contribution in [0.2, 0.25) is 0 Å². The SMILES string of the molecule is CC(C)(C)C(=O)C(C)(C)C.CC(C)(C)C(C)(C)C(C)(C)C.CC(C)(C)C(c1ccccc1)(c1ccccc1)C(C)(C)C.CC(C)(C)C1(C(C)(C)C)c2ccccc2-c2ccccc21.CC(C)(C)CC(C)(C)C.CC(C)(C)OC(C)(C)C.CC(C)(C)S(=O)(=O)C(C)(C)C.CCC(C(CC)C(C)(C)C)C(C)(C)C.CCC(C)(C(C)(C)C)C(C)(C)C.CCCC(C(C)(C)C)C(C)(C)C. The average Bonchev–Trinajstić information content (AvgIpc) is 1.53. The highest BCUT2D eigenvalue weighted by molar-refractivity contribution is 7.94. The van der Waals surface area contributed by atoms with Crippen LogP contribution in [0.1, 0.15) is 525 Å². The first-order chi connectivity index (χ1) is 56.4. The zero-order valence-corrected chi connectivity index (χ0v) is 102. The minimum atomic E-state index is -3.01. The second-order valence-corrected chi connectivity index (χ2v) is 64.1. The van der Waals surface area contributed by atoms with E-state index in [1.165, 1.54) is 71.9 Å². The van der Waals surface area contributed by atoms with Crippen LogP contribution in [0.3, 0.4) is 0 Å². The largest absolute Gasteiger partial charge is 0.370 e. The number of hydrogen-bond acceptors (Lipinski definition) is 4.